The van der Waals surface area contributed by atoms with Gasteiger partial charge in [-0.2, -0.15) is 18.4 Å². The number of hydrogen-bond donors (Lipinski definition) is 2. The second kappa shape index (κ2) is 9.66. The lowest BCUT2D eigenvalue weighted by Gasteiger charge is -2.18. The molecule has 11 heteroatoms. The van der Waals surface area contributed by atoms with Crippen molar-refractivity contribution in [2.75, 3.05) is 31.3 Å². The number of rotatable bonds is 6. The molecule has 1 unspecified atom stereocenters. The summed E-state index contributed by atoms with van der Waals surface area (Å²) >= 11 is 0. The summed E-state index contributed by atoms with van der Waals surface area (Å²) in [4.78, 5) is 24.3. The molecule has 0 aromatic heterocycles. The van der Waals surface area contributed by atoms with E-state index in [2.05, 4.69) is 10.6 Å². The zero-order valence-electron chi connectivity index (χ0n) is 16.6. The van der Waals surface area contributed by atoms with Crippen molar-refractivity contribution >= 4 is 32.2 Å². The Morgan fingerprint density at radius 3 is 2.19 bits per heavy atom. The van der Waals surface area contributed by atoms with E-state index in [1.165, 1.54) is 36.4 Å². The molecule has 2 aromatic rings. The van der Waals surface area contributed by atoms with Crippen molar-refractivity contribution in [3.63, 3.8) is 0 Å². The molecule has 7 nitrogen and oxygen atoms in total. The summed E-state index contributed by atoms with van der Waals surface area (Å²) in [6.07, 6.45) is 0.106. The normalized spacial score (nSPS) is 13.1. The fourth-order valence-electron chi connectivity index (χ4n) is 2.59. The standard InChI is InChI=1S/C20H19F3N4O3S/c1-27(2)10-9-15-5-8-17(11-18(15)31(30,13-28)20(21,22)23)26-19(29)25-16-6-3-14(12-24)4-7-16/h3-8,11H,9-10H2,1-2H3,(H2,25,26,29). The number of alkyl halides is 3. The molecule has 0 saturated heterocycles. The van der Waals surface area contributed by atoms with Crippen LogP contribution in [0.2, 0.25) is 0 Å². The second-order valence-electron chi connectivity index (χ2n) is 6.73. The van der Waals surface area contributed by atoms with Crippen LogP contribution >= 0.6 is 0 Å². The largest absolute Gasteiger partial charge is 0.477 e. The van der Waals surface area contributed by atoms with Crippen LogP contribution in [0.3, 0.4) is 0 Å². The number of hydrogen-bond acceptors (Lipinski definition) is 5. The first-order valence-corrected chi connectivity index (χ1v) is 10.4. The molecule has 31 heavy (non-hydrogen) atoms. The predicted molar refractivity (Wildman–Crippen MR) is 111 cm³/mol. The molecule has 0 fully saturated rings. The van der Waals surface area contributed by atoms with Gasteiger partial charge in [0, 0.05) is 17.9 Å². The molecule has 0 bridgehead atoms. The lowest BCUT2D eigenvalue weighted by atomic mass is 10.1. The van der Waals surface area contributed by atoms with Gasteiger partial charge in [0.1, 0.15) is 0 Å². The minimum absolute atomic E-state index is 0.0671. The van der Waals surface area contributed by atoms with E-state index >= 15 is 0 Å². The second-order valence-corrected chi connectivity index (χ2v) is 8.91. The maximum absolute atomic E-state index is 13.4. The number of carbonyl (C=O) groups excluding carboxylic acids is 2. The third-order valence-corrected chi connectivity index (χ3v) is 6.06. The van der Waals surface area contributed by atoms with Gasteiger partial charge in [0.25, 0.3) is 0 Å². The van der Waals surface area contributed by atoms with Gasteiger partial charge in [-0.3, -0.25) is 0 Å². The molecule has 2 aromatic carbocycles. The quantitative estimate of drug-likeness (QED) is 0.653. The van der Waals surface area contributed by atoms with Gasteiger partial charge in [-0.15, -0.1) is 0 Å². The summed E-state index contributed by atoms with van der Waals surface area (Å²) in [5.74, 6) is 0. The molecule has 2 rings (SSSR count). The smallest absolute Gasteiger partial charge is 0.309 e. The molecule has 0 radical (unpaired) electrons. The third-order valence-electron chi connectivity index (χ3n) is 4.18. The van der Waals surface area contributed by atoms with Crippen molar-refractivity contribution in [1.29, 1.82) is 5.26 Å². The molecular weight excluding hydrogens is 433 g/mol. The monoisotopic (exact) mass is 452 g/mol. The third kappa shape index (κ3) is 5.86. The van der Waals surface area contributed by atoms with Gasteiger partial charge in [0.15, 0.2) is 14.8 Å². The number of anilines is 2. The first-order chi connectivity index (χ1) is 14.5. The zero-order valence-corrected chi connectivity index (χ0v) is 17.4. The summed E-state index contributed by atoms with van der Waals surface area (Å²) in [5, 5.41) is 14.3. The fourth-order valence-corrected chi connectivity index (χ4v) is 3.85. The number of urea groups is 1. The number of benzene rings is 2. The Kier molecular flexibility index (Phi) is 7.46. The lowest BCUT2D eigenvalue weighted by molar-refractivity contribution is -0.0393. The minimum atomic E-state index is -5.33. The SMILES string of the molecule is CN(C)CCc1ccc(NC(=O)Nc2ccc(C#N)cc2)cc1S(=O)(=C=O)C(F)(F)F. The van der Waals surface area contributed by atoms with E-state index < -0.39 is 26.0 Å². The molecule has 0 aliphatic heterocycles. The highest BCUT2D eigenvalue weighted by atomic mass is 32.2. The predicted octanol–water partition coefficient (Wildman–Crippen LogP) is 3.54. The molecule has 2 N–H and O–H groups in total. The van der Waals surface area contributed by atoms with Gasteiger partial charge in [-0.05, 0) is 62.5 Å². The van der Waals surface area contributed by atoms with Crippen molar-refractivity contribution < 1.29 is 27.0 Å². The first kappa shape index (κ1) is 24.0. The van der Waals surface area contributed by atoms with Crippen LogP contribution in [0, 0.1) is 11.3 Å². The molecule has 2 amide bonds. The summed E-state index contributed by atoms with van der Waals surface area (Å²) < 4.78 is 52.8. The fraction of sp³-hybridized carbons (Fsp3) is 0.250. The molecule has 0 saturated carbocycles. The van der Waals surface area contributed by atoms with Crippen LogP contribution in [0.25, 0.3) is 0 Å². The molecule has 0 spiro atoms. The summed E-state index contributed by atoms with van der Waals surface area (Å²) in [6.45, 7) is 0.352. The summed E-state index contributed by atoms with van der Waals surface area (Å²) in [7, 11) is -1.72. The van der Waals surface area contributed by atoms with Gasteiger partial charge < -0.3 is 15.5 Å². The first-order valence-electron chi connectivity index (χ1n) is 8.85. The van der Waals surface area contributed by atoms with E-state index in [1.807, 2.05) is 6.07 Å². The van der Waals surface area contributed by atoms with Crippen LogP contribution in [-0.2, 0) is 20.7 Å². The average Bonchev–Trinajstić information content (AvgIpc) is 2.71. The number of likely N-dealkylation sites (N-methyl/N-ethyl adjacent to an activating group) is 1. The summed E-state index contributed by atoms with van der Waals surface area (Å²) in [5.41, 5.74) is -4.61. The van der Waals surface area contributed by atoms with E-state index in [9.17, 15) is 27.0 Å². The molecule has 1 atom stereocenters. The molecule has 0 heterocycles. The van der Waals surface area contributed by atoms with Crippen LogP contribution in [0.4, 0.5) is 29.3 Å². The van der Waals surface area contributed by atoms with Crippen molar-refractivity contribution in [2.24, 2.45) is 0 Å². The van der Waals surface area contributed by atoms with Crippen molar-refractivity contribution in [2.45, 2.75) is 16.8 Å². The molecule has 0 aliphatic rings. The molecule has 164 valence electrons. The van der Waals surface area contributed by atoms with Crippen LogP contribution in [0.15, 0.2) is 47.4 Å². The Morgan fingerprint density at radius 1 is 1.10 bits per heavy atom. The van der Waals surface area contributed by atoms with E-state index in [4.69, 9.17) is 5.26 Å². The molecular formula is C20H19F3N4O3S. The topological polar surface area (TPSA) is 102 Å². The van der Waals surface area contributed by atoms with Gasteiger partial charge >= 0.3 is 11.5 Å². The van der Waals surface area contributed by atoms with E-state index in [-0.39, 0.29) is 17.7 Å². The Bertz CT molecular complexity index is 1140. The van der Waals surface area contributed by atoms with Gasteiger partial charge in [0.2, 0.25) is 0 Å². The van der Waals surface area contributed by atoms with E-state index in [0.29, 0.717) is 23.0 Å². The number of carbonyl (C=O) groups is 1. The zero-order chi connectivity index (χ0) is 23.2. The highest BCUT2D eigenvalue weighted by Crippen LogP contribution is 2.34. The average molecular weight is 452 g/mol. The van der Waals surface area contributed by atoms with Gasteiger partial charge in [0.05, 0.1) is 16.5 Å². The number of halogens is 3. The Hall–Kier alpha value is -3.32. The maximum Gasteiger partial charge on any atom is 0.477 e. The molecule has 0 aliphatic carbocycles. The Balaban J connectivity index is 2.36. The Morgan fingerprint density at radius 2 is 1.68 bits per heavy atom. The van der Waals surface area contributed by atoms with Crippen LogP contribution in [0.5, 0.6) is 0 Å². The van der Waals surface area contributed by atoms with Crippen LogP contribution < -0.4 is 10.6 Å². The minimum Gasteiger partial charge on any atom is -0.309 e. The highest BCUT2D eigenvalue weighted by molar-refractivity contribution is 8.01. The number of nitrogens with zero attached hydrogens (tertiary/aromatic N) is 2. The van der Waals surface area contributed by atoms with Gasteiger partial charge in [-0.25, -0.2) is 13.8 Å². The van der Waals surface area contributed by atoms with E-state index in [0.717, 1.165) is 6.07 Å². The van der Waals surface area contributed by atoms with Crippen LogP contribution in [-0.4, -0.2) is 46.5 Å². The van der Waals surface area contributed by atoms with Crippen LogP contribution in [0.1, 0.15) is 11.1 Å². The van der Waals surface area contributed by atoms with Gasteiger partial charge in [-0.1, -0.05) is 6.07 Å². The van der Waals surface area contributed by atoms with Crippen molar-refractivity contribution in [3.8, 4) is 6.07 Å². The van der Waals surface area contributed by atoms with Crippen molar-refractivity contribution in [3.05, 3.63) is 53.6 Å². The number of nitrogens with one attached hydrogen (secondary N) is 2. The summed E-state index contributed by atoms with van der Waals surface area (Å²) in [6, 6.07) is 10.6. The highest BCUT2D eigenvalue weighted by Gasteiger charge is 2.45. The number of nitriles is 1. The Labute approximate surface area is 177 Å². The van der Waals surface area contributed by atoms with Crippen molar-refractivity contribution in [1.82, 2.24) is 4.90 Å². The lowest BCUT2D eigenvalue weighted by Crippen LogP contribution is -2.26. The maximum atomic E-state index is 13.4. The number of amides is 2. The van der Waals surface area contributed by atoms with E-state index in [1.54, 1.807) is 19.0 Å².